The molecule has 1 aromatic heterocycles. The molecule has 1 fully saturated rings. The van der Waals surface area contributed by atoms with E-state index < -0.39 is 0 Å². The van der Waals surface area contributed by atoms with Gasteiger partial charge in [-0.15, -0.1) is 0 Å². The summed E-state index contributed by atoms with van der Waals surface area (Å²) in [7, 11) is 1.95. The Kier molecular flexibility index (Phi) is 2.63. The predicted octanol–water partition coefficient (Wildman–Crippen LogP) is 2.47. The molecule has 90 valence electrons. The van der Waals surface area contributed by atoms with Crippen LogP contribution < -0.4 is 5.32 Å². The van der Waals surface area contributed by atoms with E-state index in [1.807, 2.05) is 36.0 Å². The van der Waals surface area contributed by atoms with Crippen molar-refractivity contribution in [3.8, 4) is 0 Å². The Hall–Kier alpha value is -1.35. The molecule has 1 aliphatic heterocycles. The lowest BCUT2D eigenvalue weighted by molar-refractivity contribution is 0.548. The van der Waals surface area contributed by atoms with E-state index in [9.17, 15) is 4.39 Å². The lowest BCUT2D eigenvalue weighted by Gasteiger charge is -2.10. The highest BCUT2D eigenvalue weighted by molar-refractivity contribution is 5.81. The van der Waals surface area contributed by atoms with E-state index in [2.05, 4.69) is 5.32 Å². The molecule has 1 aromatic carbocycles. The maximum atomic E-state index is 14.3. The van der Waals surface area contributed by atoms with E-state index in [1.54, 1.807) is 0 Å². The molecule has 0 spiro atoms. The fourth-order valence-electron chi connectivity index (χ4n) is 2.72. The zero-order chi connectivity index (χ0) is 11.8. The van der Waals surface area contributed by atoms with Gasteiger partial charge in [0.25, 0.3) is 0 Å². The van der Waals surface area contributed by atoms with Gasteiger partial charge in [0.05, 0.1) is 5.52 Å². The molecular weight excluding hydrogens is 215 g/mol. The summed E-state index contributed by atoms with van der Waals surface area (Å²) in [6.45, 7) is 2.09. The second-order valence-corrected chi connectivity index (χ2v) is 4.96. The van der Waals surface area contributed by atoms with Gasteiger partial charge in [0.15, 0.2) is 0 Å². The Balaban J connectivity index is 1.96. The van der Waals surface area contributed by atoms with E-state index in [4.69, 9.17) is 0 Å². The van der Waals surface area contributed by atoms with Crippen molar-refractivity contribution >= 4 is 10.9 Å². The first-order valence-electron chi connectivity index (χ1n) is 6.19. The van der Waals surface area contributed by atoms with Gasteiger partial charge in [-0.2, -0.15) is 0 Å². The number of nitrogens with one attached hydrogen (secondary N) is 1. The first kappa shape index (κ1) is 10.8. The molecule has 1 saturated heterocycles. The minimum absolute atomic E-state index is 0.0324. The van der Waals surface area contributed by atoms with Crippen LogP contribution in [0.25, 0.3) is 10.9 Å². The minimum Gasteiger partial charge on any atom is -0.350 e. The Morgan fingerprint density at radius 1 is 1.41 bits per heavy atom. The quantitative estimate of drug-likeness (QED) is 0.841. The second-order valence-electron chi connectivity index (χ2n) is 4.96. The van der Waals surface area contributed by atoms with Crippen LogP contribution in [0, 0.1) is 11.7 Å². The molecule has 1 atom stereocenters. The van der Waals surface area contributed by atoms with Gasteiger partial charge in [0, 0.05) is 18.6 Å². The van der Waals surface area contributed by atoms with Crippen molar-refractivity contribution in [3.63, 3.8) is 0 Å². The zero-order valence-electron chi connectivity index (χ0n) is 10.0. The summed E-state index contributed by atoms with van der Waals surface area (Å²) >= 11 is 0. The molecule has 2 nitrogen and oxygen atoms in total. The fourth-order valence-corrected chi connectivity index (χ4v) is 2.72. The Labute approximate surface area is 100 Å². The molecule has 2 heterocycles. The standard InChI is InChI=1S/C14H17FN2/c1-17-7-5-12-13(17)3-2-11(14(12)15)8-10-4-6-16-9-10/h2-3,5,7,10,16H,4,6,8-9H2,1H3. The molecule has 0 saturated carbocycles. The van der Waals surface area contributed by atoms with E-state index in [0.29, 0.717) is 5.92 Å². The van der Waals surface area contributed by atoms with Crippen LogP contribution in [0.1, 0.15) is 12.0 Å². The van der Waals surface area contributed by atoms with Crippen molar-refractivity contribution in [1.29, 1.82) is 0 Å². The molecule has 17 heavy (non-hydrogen) atoms. The number of hydrogen-bond acceptors (Lipinski definition) is 1. The number of aryl methyl sites for hydroxylation is 1. The van der Waals surface area contributed by atoms with Crippen molar-refractivity contribution < 1.29 is 4.39 Å². The van der Waals surface area contributed by atoms with Crippen molar-refractivity contribution in [2.24, 2.45) is 13.0 Å². The van der Waals surface area contributed by atoms with Crippen molar-refractivity contribution in [3.05, 3.63) is 35.8 Å². The van der Waals surface area contributed by atoms with Crippen molar-refractivity contribution in [1.82, 2.24) is 9.88 Å². The number of rotatable bonds is 2. The molecule has 3 heteroatoms. The molecule has 1 aliphatic rings. The summed E-state index contributed by atoms with van der Waals surface area (Å²) in [5.74, 6) is 0.556. The SMILES string of the molecule is Cn1ccc2c(F)c(CC3CCNC3)ccc21. The smallest absolute Gasteiger partial charge is 0.135 e. The lowest BCUT2D eigenvalue weighted by atomic mass is 9.97. The number of halogens is 1. The monoisotopic (exact) mass is 232 g/mol. The number of fused-ring (bicyclic) bond motifs is 1. The van der Waals surface area contributed by atoms with Crippen LogP contribution in [0.4, 0.5) is 4.39 Å². The summed E-state index contributed by atoms with van der Waals surface area (Å²) in [5, 5.41) is 4.07. The summed E-state index contributed by atoms with van der Waals surface area (Å²) in [4.78, 5) is 0. The normalized spacial score (nSPS) is 20.2. The van der Waals surface area contributed by atoms with E-state index in [-0.39, 0.29) is 5.82 Å². The number of hydrogen-bond donors (Lipinski definition) is 1. The first-order chi connectivity index (χ1) is 8.25. The first-order valence-corrected chi connectivity index (χ1v) is 6.19. The van der Waals surface area contributed by atoms with Gasteiger partial charge in [-0.1, -0.05) is 6.07 Å². The molecule has 3 rings (SSSR count). The van der Waals surface area contributed by atoms with Crippen LogP contribution in [0.3, 0.4) is 0 Å². The highest BCUT2D eigenvalue weighted by Crippen LogP contribution is 2.25. The predicted molar refractivity (Wildman–Crippen MR) is 67.6 cm³/mol. The van der Waals surface area contributed by atoms with E-state index >= 15 is 0 Å². The molecule has 0 amide bonds. The second kappa shape index (κ2) is 4.15. The van der Waals surface area contributed by atoms with Gasteiger partial charge in [-0.05, 0) is 49.5 Å². The summed E-state index contributed by atoms with van der Waals surface area (Å²) in [5.41, 5.74) is 1.83. The van der Waals surface area contributed by atoms with Crippen LogP contribution in [0.5, 0.6) is 0 Å². The van der Waals surface area contributed by atoms with E-state index in [1.165, 1.54) is 0 Å². The fraction of sp³-hybridized carbons (Fsp3) is 0.429. The van der Waals surface area contributed by atoms with Crippen LogP contribution in [-0.4, -0.2) is 17.7 Å². The molecule has 0 bridgehead atoms. The summed E-state index contributed by atoms with van der Waals surface area (Å²) < 4.78 is 16.3. The molecule has 2 aromatic rings. The van der Waals surface area contributed by atoms with Crippen molar-refractivity contribution in [2.75, 3.05) is 13.1 Å². The van der Waals surface area contributed by atoms with Crippen LogP contribution in [-0.2, 0) is 13.5 Å². The highest BCUT2D eigenvalue weighted by Gasteiger charge is 2.18. The lowest BCUT2D eigenvalue weighted by Crippen LogP contribution is -2.11. The third kappa shape index (κ3) is 1.84. The minimum atomic E-state index is -0.0324. The van der Waals surface area contributed by atoms with Gasteiger partial charge < -0.3 is 9.88 Å². The summed E-state index contributed by atoms with van der Waals surface area (Å²) in [6, 6.07) is 5.83. The van der Waals surface area contributed by atoms with Crippen LogP contribution >= 0.6 is 0 Å². The maximum absolute atomic E-state index is 14.3. The Morgan fingerprint density at radius 2 is 2.29 bits per heavy atom. The van der Waals surface area contributed by atoms with Crippen molar-refractivity contribution in [2.45, 2.75) is 12.8 Å². The number of nitrogens with zero attached hydrogens (tertiary/aromatic N) is 1. The number of aromatic nitrogens is 1. The summed E-state index contributed by atoms with van der Waals surface area (Å²) in [6.07, 6.45) is 3.92. The van der Waals surface area contributed by atoms with Gasteiger partial charge in [-0.25, -0.2) is 4.39 Å². The molecule has 1 N–H and O–H groups in total. The third-order valence-electron chi connectivity index (χ3n) is 3.75. The van der Waals surface area contributed by atoms with Crippen LogP contribution in [0.2, 0.25) is 0 Å². The molecule has 0 radical (unpaired) electrons. The maximum Gasteiger partial charge on any atom is 0.135 e. The molecule has 0 aliphatic carbocycles. The Morgan fingerprint density at radius 3 is 3.06 bits per heavy atom. The average Bonchev–Trinajstić information content (AvgIpc) is 2.93. The Bertz CT molecular complexity index is 538. The highest BCUT2D eigenvalue weighted by atomic mass is 19.1. The van der Waals surface area contributed by atoms with Gasteiger partial charge in [0.1, 0.15) is 5.82 Å². The van der Waals surface area contributed by atoms with Crippen LogP contribution in [0.15, 0.2) is 24.4 Å². The third-order valence-corrected chi connectivity index (χ3v) is 3.75. The van der Waals surface area contributed by atoms with E-state index in [0.717, 1.165) is 42.4 Å². The van der Waals surface area contributed by atoms with Gasteiger partial charge in [0.2, 0.25) is 0 Å². The van der Waals surface area contributed by atoms with Gasteiger partial charge >= 0.3 is 0 Å². The topological polar surface area (TPSA) is 17.0 Å². The molecular formula is C14H17FN2. The van der Waals surface area contributed by atoms with Gasteiger partial charge in [-0.3, -0.25) is 0 Å². The number of benzene rings is 1. The molecule has 1 unspecified atom stereocenters. The largest absolute Gasteiger partial charge is 0.350 e. The average molecular weight is 232 g/mol. The zero-order valence-corrected chi connectivity index (χ0v) is 10.0.